The highest BCUT2D eigenvalue weighted by Gasteiger charge is 2.19. The minimum absolute atomic E-state index is 0.101. The van der Waals surface area contributed by atoms with Crippen molar-refractivity contribution in [1.29, 1.82) is 0 Å². The zero-order valence-electron chi connectivity index (χ0n) is 13.3. The van der Waals surface area contributed by atoms with Crippen molar-refractivity contribution in [2.75, 3.05) is 6.61 Å². The first kappa shape index (κ1) is 17.7. The van der Waals surface area contributed by atoms with E-state index in [4.69, 9.17) is 4.74 Å². The van der Waals surface area contributed by atoms with Crippen LogP contribution in [0.1, 0.15) is 46.0 Å². The quantitative estimate of drug-likeness (QED) is 0.732. The Labute approximate surface area is 139 Å². The van der Waals surface area contributed by atoms with Crippen LogP contribution in [0, 0.1) is 0 Å². The molecule has 0 aliphatic carbocycles. The Kier molecular flexibility index (Phi) is 5.68. The van der Waals surface area contributed by atoms with Crippen LogP contribution in [0.15, 0.2) is 49.0 Å². The molecule has 0 aromatic heterocycles. The van der Waals surface area contributed by atoms with Crippen molar-refractivity contribution in [1.82, 2.24) is 0 Å². The molecule has 3 nitrogen and oxygen atoms in total. The smallest absolute Gasteiger partial charge is 0.335 e. The monoisotopic (exact) mass is 332 g/mol. The fourth-order valence-electron chi connectivity index (χ4n) is 2.48. The first-order valence-electron chi connectivity index (χ1n) is 7.48. The average Bonchev–Trinajstić information content (AvgIpc) is 2.55. The number of aromatic carboxylic acids is 1. The Bertz CT molecular complexity index is 737. The van der Waals surface area contributed by atoms with Crippen LogP contribution in [0.3, 0.4) is 0 Å². The van der Waals surface area contributed by atoms with Crippen molar-refractivity contribution in [3.8, 4) is 0 Å². The number of rotatable bonds is 7. The molecule has 0 amide bonds. The molecule has 0 saturated heterocycles. The minimum atomic E-state index is -2.73. The SMILES string of the molecule is C=C(OCC)c1ccc(Cc2c(C(=O)O)cccc2C(F)F)cc1. The Morgan fingerprint density at radius 3 is 2.42 bits per heavy atom. The number of hydrogen-bond acceptors (Lipinski definition) is 2. The van der Waals surface area contributed by atoms with Crippen LogP contribution in [0.2, 0.25) is 0 Å². The second-order valence-corrected chi connectivity index (χ2v) is 5.21. The number of carboxylic acids is 1. The summed E-state index contributed by atoms with van der Waals surface area (Å²) >= 11 is 0. The summed E-state index contributed by atoms with van der Waals surface area (Å²) in [4.78, 5) is 11.3. The first-order chi connectivity index (χ1) is 11.4. The Morgan fingerprint density at radius 1 is 1.21 bits per heavy atom. The fourth-order valence-corrected chi connectivity index (χ4v) is 2.48. The summed E-state index contributed by atoms with van der Waals surface area (Å²) in [7, 11) is 0. The molecule has 0 bridgehead atoms. The number of alkyl halides is 2. The molecule has 2 aromatic carbocycles. The molecule has 24 heavy (non-hydrogen) atoms. The van der Waals surface area contributed by atoms with Gasteiger partial charge in [0.1, 0.15) is 5.76 Å². The summed E-state index contributed by atoms with van der Waals surface area (Å²) in [5.74, 6) is -0.683. The second kappa shape index (κ2) is 7.73. The highest BCUT2D eigenvalue weighted by molar-refractivity contribution is 5.90. The maximum absolute atomic E-state index is 13.2. The fraction of sp³-hybridized carbons (Fsp3) is 0.211. The lowest BCUT2D eigenvalue weighted by atomic mass is 9.94. The molecule has 0 fully saturated rings. The van der Waals surface area contributed by atoms with E-state index in [2.05, 4.69) is 6.58 Å². The van der Waals surface area contributed by atoms with Crippen molar-refractivity contribution in [2.24, 2.45) is 0 Å². The van der Waals surface area contributed by atoms with Crippen molar-refractivity contribution < 1.29 is 23.4 Å². The van der Waals surface area contributed by atoms with Crippen LogP contribution in [-0.2, 0) is 11.2 Å². The Morgan fingerprint density at radius 2 is 1.88 bits per heavy atom. The lowest BCUT2D eigenvalue weighted by molar-refractivity contribution is 0.0695. The van der Waals surface area contributed by atoms with Crippen LogP contribution in [0.5, 0.6) is 0 Å². The number of carboxylic acid groups (broad SMARTS) is 1. The summed E-state index contributed by atoms with van der Waals surface area (Å²) in [5, 5.41) is 9.25. The van der Waals surface area contributed by atoms with Crippen molar-refractivity contribution in [3.63, 3.8) is 0 Å². The van der Waals surface area contributed by atoms with Crippen molar-refractivity contribution >= 4 is 11.7 Å². The maximum atomic E-state index is 13.2. The number of halogens is 2. The predicted octanol–water partition coefficient (Wildman–Crippen LogP) is 4.92. The van der Waals surface area contributed by atoms with E-state index in [0.717, 1.165) is 11.1 Å². The molecule has 126 valence electrons. The molecular weight excluding hydrogens is 314 g/mol. The highest BCUT2D eigenvalue weighted by Crippen LogP contribution is 2.28. The topological polar surface area (TPSA) is 46.5 Å². The van der Waals surface area contributed by atoms with Gasteiger partial charge in [0.25, 0.3) is 6.43 Å². The van der Waals surface area contributed by atoms with Gasteiger partial charge in [-0.15, -0.1) is 0 Å². The molecule has 5 heteroatoms. The van der Waals surface area contributed by atoms with Crippen molar-refractivity contribution in [3.05, 3.63) is 76.9 Å². The van der Waals surface area contributed by atoms with Gasteiger partial charge < -0.3 is 9.84 Å². The van der Waals surface area contributed by atoms with Crippen LogP contribution in [0.4, 0.5) is 8.78 Å². The summed E-state index contributed by atoms with van der Waals surface area (Å²) in [6, 6.07) is 11.0. The Balaban J connectivity index is 2.34. The third-order valence-electron chi connectivity index (χ3n) is 3.65. The number of carbonyl (C=O) groups is 1. The lowest BCUT2D eigenvalue weighted by Crippen LogP contribution is -2.07. The van der Waals surface area contributed by atoms with Gasteiger partial charge in [-0.05, 0) is 30.5 Å². The average molecular weight is 332 g/mol. The van der Waals surface area contributed by atoms with E-state index >= 15 is 0 Å². The standard InChI is InChI=1S/C19H18F2O3/c1-3-24-12(2)14-9-7-13(8-10-14)11-17-15(18(20)21)5-4-6-16(17)19(22)23/h4-10,18H,2-3,11H2,1H3,(H,22,23). The molecule has 0 saturated carbocycles. The third kappa shape index (κ3) is 3.98. The van der Waals surface area contributed by atoms with Crippen LogP contribution in [0.25, 0.3) is 5.76 Å². The summed E-state index contributed by atoms with van der Waals surface area (Å²) in [6.45, 7) is 6.16. The maximum Gasteiger partial charge on any atom is 0.335 e. The van der Waals surface area contributed by atoms with E-state index in [9.17, 15) is 18.7 Å². The minimum Gasteiger partial charge on any atom is -0.494 e. The number of benzene rings is 2. The molecule has 0 atom stereocenters. The van der Waals surface area contributed by atoms with Gasteiger partial charge in [0.05, 0.1) is 12.2 Å². The zero-order valence-corrected chi connectivity index (χ0v) is 13.3. The van der Waals surface area contributed by atoms with E-state index in [-0.39, 0.29) is 23.1 Å². The van der Waals surface area contributed by atoms with Gasteiger partial charge in [-0.1, -0.05) is 43.0 Å². The van der Waals surface area contributed by atoms with Crippen LogP contribution >= 0.6 is 0 Å². The molecule has 0 aliphatic heterocycles. The van der Waals surface area contributed by atoms with Gasteiger partial charge in [0.2, 0.25) is 0 Å². The molecule has 0 heterocycles. The van der Waals surface area contributed by atoms with Crippen LogP contribution in [-0.4, -0.2) is 17.7 Å². The van der Waals surface area contributed by atoms with E-state index in [1.165, 1.54) is 18.2 Å². The highest BCUT2D eigenvalue weighted by atomic mass is 19.3. The lowest BCUT2D eigenvalue weighted by Gasteiger charge is -2.13. The van der Waals surface area contributed by atoms with E-state index in [1.807, 2.05) is 6.92 Å². The summed E-state index contributed by atoms with van der Waals surface area (Å²) in [6.07, 6.45) is -2.61. The third-order valence-corrected chi connectivity index (χ3v) is 3.65. The van der Waals surface area contributed by atoms with Gasteiger partial charge in [0.15, 0.2) is 0 Å². The van der Waals surface area contributed by atoms with E-state index < -0.39 is 12.4 Å². The van der Waals surface area contributed by atoms with Gasteiger partial charge >= 0.3 is 5.97 Å². The molecule has 0 radical (unpaired) electrons. The van der Waals surface area contributed by atoms with Gasteiger partial charge in [-0.3, -0.25) is 0 Å². The number of ether oxygens (including phenoxy) is 1. The molecule has 0 spiro atoms. The zero-order chi connectivity index (χ0) is 17.7. The second-order valence-electron chi connectivity index (χ2n) is 5.21. The normalized spacial score (nSPS) is 10.7. The van der Waals surface area contributed by atoms with E-state index in [1.54, 1.807) is 24.3 Å². The molecular formula is C19H18F2O3. The van der Waals surface area contributed by atoms with Gasteiger partial charge in [-0.2, -0.15) is 0 Å². The van der Waals surface area contributed by atoms with Gasteiger partial charge in [-0.25, -0.2) is 13.6 Å². The molecule has 1 N–H and O–H groups in total. The Hall–Kier alpha value is -2.69. The van der Waals surface area contributed by atoms with E-state index in [0.29, 0.717) is 12.4 Å². The van der Waals surface area contributed by atoms with Crippen molar-refractivity contribution in [2.45, 2.75) is 19.8 Å². The molecule has 2 rings (SSSR count). The van der Waals surface area contributed by atoms with Gasteiger partial charge in [0, 0.05) is 11.1 Å². The molecule has 0 unspecified atom stereocenters. The van der Waals surface area contributed by atoms with Crippen LogP contribution < -0.4 is 0 Å². The largest absolute Gasteiger partial charge is 0.494 e. The molecule has 2 aromatic rings. The number of hydrogen-bond donors (Lipinski definition) is 1. The predicted molar refractivity (Wildman–Crippen MR) is 88.3 cm³/mol. The summed E-state index contributed by atoms with van der Waals surface area (Å²) < 4.78 is 31.7. The first-order valence-corrected chi connectivity index (χ1v) is 7.48. The summed E-state index contributed by atoms with van der Waals surface area (Å²) in [5.41, 5.74) is 1.31. The molecule has 0 aliphatic rings.